The van der Waals surface area contributed by atoms with Crippen LogP contribution < -0.4 is 4.90 Å². The van der Waals surface area contributed by atoms with Gasteiger partial charge in [0.15, 0.2) is 5.13 Å². The average molecular weight is 432 g/mol. The first-order chi connectivity index (χ1) is 12.4. The Kier molecular flexibility index (Phi) is 5.75. The third-order valence-corrected chi connectivity index (χ3v) is 6.16. The zero-order valence-corrected chi connectivity index (χ0v) is 17.8. The Labute approximate surface area is 166 Å². The summed E-state index contributed by atoms with van der Waals surface area (Å²) in [6, 6.07) is 11.7. The Hall–Kier alpha value is -1.76. The van der Waals surface area contributed by atoms with E-state index in [-0.39, 0.29) is 5.91 Å². The van der Waals surface area contributed by atoms with E-state index in [1.165, 1.54) is 11.1 Å². The molecule has 0 unspecified atom stereocenters. The molecule has 136 valence electrons. The highest BCUT2D eigenvalue weighted by Gasteiger charge is 2.23. The summed E-state index contributed by atoms with van der Waals surface area (Å²) in [6.45, 7) is 5.53. The Balaban J connectivity index is 2.05. The van der Waals surface area contributed by atoms with Crippen molar-refractivity contribution in [3.8, 4) is 0 Å². The number of anilines is 1. The van der Waals surface area contributed by atoms with E-state index in [0.717, 1.165) is 26.4 Å². The normalized spacial score (nSPS) is 11.3. The van der Waals surface area contributed by atoms with E-state index >= 15 is 0 Å². The highest BCUT2D eigenvalue weighted by molar-refractivity contribution is 9.10. The van der Waals surface area contributed by atoms with Gasteiger partial charge in [0, 0.05) is 17.6 Å². The van der Waals surface area contributed by atoms with Crippen LogP contribution in [0.5, 0.6) is 0 Å². The molecule has 1 amide bonds. The SMILES string of the molecule is Cc1ccc2sc(N(CCN(C)C)C(=O)c3ccccc3Br)nc2c1C. The standard InChI is InChI=1S/C20H22BrN3OS/c1-13-9-10-17-18(14(13)2)22-20(26-17)24(12-11-23(3)4)19(25)15-7-5-6-8-16(15)21/h5-10H,11-12H2,1-4H3. The van der Waals surface area contributed by atoms with E-state index in [1.54, 1.807) is 16.2 Å². The number of benzene rings is 2. The van der Waals surface area contributed by atoms with Crippen LogP contribution >= 0.6 is 27.3 Å². The second kappa shape index (κ2) is 7.86. The predicted octanol–water partition coefficient (Wildman–Crippen LogP) is 4.88. The number of thiazole rings is 1. The van der Waals surface area contributed by atoms with Crippen molar-refractivity contribution < 1.29 is 4.79 Å². The molecule has 2 aromatic carbocycles. The van der Waals surface area contributed by atoms with Crippen molar-refractivity contribution in [3.05, 3.63) is 57.6 Å². The van der Waals surface area contributed by atoms with Crippen molar-refractivity contribution >= 4 is 48.5 Å². The monoisotopic (exact) mass is 431 g/mol. The number of carbonyl (C=O) groups excluding carboxylic acids is 1. The van der Waals surface area contributed by atoms with Gasteiger partial charge in [-0.3, -0.25) is 9.69 Å². The number of likely N-dealkylation sites (N-methyl/N-ethyl adjacent to an activating group) is 1. The number of aryl methyl sites for hydroxylation is 2. The minimum absolute atomic E-state index is 0.0345. The zero-order valence-electron chi connectivity index (χ0n) is 15.4. The lowest BCUT2D eigenvalue weighted by Gasteiger charge is -2.22. The minimum Gasteiger partial charge on any atom is -0.308 e. The Morgan fingerprint density at radius 1 is 1.12 bits per heavy atom. The molecule has 0 atom stereocenters. The molecule has 3 rings (SSSR count). The summed E-state index contributed by atoms with van der Waals surface area (Å²) in [5.41, 5.74) is 4.02. The van der Waals surface area contributed by atoms with Crippen LogP contribution in [-0.2, 0) is 0 Å². The van der Waals surface area contributed by atoms with Crippen molar-refractivity contribution in [1.82, 2.24) is 9.88 Å². The fourth-order valence-electron chi connectivity index (χ4n) is 2.69. The number of aromatic nitrogens is 1. The number of hydrogen-bond donors (Lipinski definition) is 0. The van der Waals surface area contributed by atoms with Crippen LogP contribution in [0.3, 0.4) is 0 Å². The maximum absolute atomic E-state index is 13.3. The van der Waals surface area contributed by atoms with Gasteiger partial charge in [0.1, 0.15) is 0 Å². The first-order valence-electron chi connectivity index (χ1n) is 8.46. The molecule has 0 saturated heterocycles. The third kappa shape index (κ3) is 3.82. The maximum Gasteiger partial charge on any atom is 0.261 e. The molecule has 0 radical (unpaired) electrons. The number of nitrogens with zero attached hydrogens (tertiary/aromatic N) is 3. The minimum atomic E-state index is -0.0345. The molecule has 0 aliphatic rings. The van der Waals surface area contributed by atoms with E-state index in [9.17, 15) is 4.79 Å². The molecular weight excluding hydrogens is 410 g/mol. The molecule has 0 N–H and O–H groups in total. The number of carbonyl (C=O) groups is 1. The van der Waals surface area contributed by atoms with E-state index in [1.807, 2.05) is 38.4 Å². The van der Waals surface area contributed by atoms with E-state index in [4.69, 9.17) is 4.98 Å². The topological polar surface area (TPSA) is 36.4 Å². The first-order valence-corrected chi connectivity index (χ1v) is 10.1. The van der Waals surface area contributed by atoms with Crippen LogP contribution in [0.15, 0.2) is 40.9 Å². The van der Waals surface area contributed by atoms with Crippen LogP contribution in [0.2, 0.25) is 0 Å². The van der Waals surface area contributed by atoms with Crippen LogP contribution in [-0.4, -0.2) is 43.0 Å². The largest absolute Gasteiger partial charge is 0.308 e. The Bertz CT molecular complexity index is 951. The number of amides is 1. The average Bonchev–Trinajstić information content (AvgIpc) is 3.03. The van der Waals surface area contributed by atoms with Crippen LogP contribution in [0.25, 0.3) is 10.2 Å². The van der Waals surface area contributed by atoms with Gasteiger partial charge in [-0.15, -0.1) is 0 Å². The van der Waals surface area contributed by atoms with E-state index < -0.39 is 0 Å². The molecule has 0 aliphatic heterocycles. The van der Waals surface area contributed by atoms with Crippen molar-refractivity contribution in [2.45, 2.75) is 13.8 Å². The van der Waals surface area contributed by atoms with Gasteiger partial charge in [0.2, 0.25) is 0 Å². The second-order valence-electron chi connectivity index (χ2n) is 6.59. The maximum atomic E-state index is 13.3. The number of hydrogen-bond acceptors (Lipinski definition) is 4. The van der Waals surface area contributed by atoms with Crippen molar-refractivity contribution in [2.24, 2.45) is 0 Å². The molecule has 1 heterocycles. The summed E-state index contributed by atoms with van der Waals surface area (Å²) in [5, 5.41) is 0.747. The molecule has 6 heteroatoms. The Morgan fingerprint density at radius 3 is 2.54 bits per heavy atom. The number of halogens is 1. The molecule has 1 aromatic heterocycles. The lowest BCUT2D eigenvalue weighted by atomic mass is 10.1. The van der Waals surface area contributed by atoms with Gasteiger partial charge in [0.05, 0.1) is 15.8 Å². The molecule has 0 fully saturated rings. The fraction of sp³-hybridized carbons (Fsp3) is 0.300. The summed E-state index contributed by atoms with van der Waals surface area (Å²) in [6.07, 6.45) is 0. The van der Waals surface area contributed by atoms with Crippen LogP contribution in [0.1, 0.15) is 21.5 Å². The van der Waals surface area contributed by atoms with Crippen molar-refractivity contribution in [2.75, 3.05) is 32.1 Å². The second-order valence-corrected chi connectivity index (χ2v) is 8.45. The summed E-state index contributed by atoms with van der Waals surface area (Å²) in [4.78, 5) is 21.9. The zero-order chi connectivity index (χ0) is 18.8. The lowest BCUT2D eigenvalue weighted by Crippen LogP contribution is -2.36. The highest BCUT2D eigenvalue weighted by Crippen LogP contribution is 2.33. The first kappa shape index (κ1) is 19.0. The molecule has 0 aliphatic carbocycles. The predicted molar refractivity (Wildman–Crippen MR) is 113 cm³/mol. The Morgan fingerprint density at radius 2 is 1.85 bits per heavy atom. The molecule has 0 bridgehead atoms. The van der Waals surface area contributed by atoms with Crippen LogP contribution in [0, 0.1) is 13.8 Å². The number of rotatable bonds is 5. The van der Waals surface area contributed by atoms with Gasteiger partial charge in [0.25, 0.3) is 5.91 Å². The van der Waals surface area contributed by atoms with Crippen LogP contribution in [0.4, 0.5) is 5.13 Å². The molecular formula is C20H22BrN3OS. The molecule has 0 spiro atoms. The molecule has 4 nitrogen and oxygen atoms in total. The summed E-state index contributed by atoms with van der Waals surface area (Å²) < 4.78 is 1.91. The van der Waals surface area contributed by atoms with Gasteiger partial charge < -0.3 is 4.90 Å². The van der Waals surface area contributed by atoms with E-state index in [2.05, 4.69) is 46.8 Å². The van der Waals surface area contributed by atoms with Gasteiger partial charge in [-0.1, -0.05) is 29.5 Å². The van der Waals surface area contributed by atoms with Gasteiger partial charge in [-0.05, 0) is 73.2 Å². The number of fused-ring (bicyclic) bond motifs is 1. The summed E-state index contributed by atoms with van der Waals surface area (Å²) >= 11 is 5.07. The summed E-state index contributed by atoms with van der Waals surface area (Å²) in [7, 11) is 4.01. The van der Waals surface area contributed by atoms with Gasteiger partial charge >= 0.3 is 0 Å². The molecule has 26 heavy (non-hydrogen) atoms. The fourth-order valence-corrected chi connectivity index (χ4v) is 4.20. The molecule has 0 saturated carbocycles. The van der Waals surface area contributed by atoms with Gasteiger partial charge in [-0.25, -0.2) is 4.98 Å². The third-order valence-electron chi connectivity index (χ3n) is 4.42. The van der Waals surface area contributed by atoms with Gasteiger partial charge in [-0.2, -0.15) is 0 Å². The smallest absolute Gasteiger partial charge is 0.261 e. The van der Waals surface area contributed by atoms with E-state index in [0.29, 0.717) is 12.1 Å². The van der Waals surface area contributed by atoms with Crippen molar-refractivity contribution in [3.63, 3.8) is 0 Å². The quantitative estimate of drug-likeness (QED) is 0.577. The van der Waals surface area contributed by atoms with Crippen molar-refractivity contribution in [1.29, 1.82) is 0 Å². The lowest BCUT2D eigenvalue weighted by molar-refractivity contribution is 0.0984. The highest BCUT2D eigenvalue weighted by atomic mass is 79.9. The summed E-state index contributed by atoms with van der Waals surface area (Å²) in [5.74, 6) is -0.0345. The molecule has 3 aromatic rings.